The van der Waals surface area contributed by atoms with Gasteiger partial charge in [-0.2, -0.15) is 0 Å². The van der Waals surface area contributed by atoms with E-state index in [4.69, 9.17) is 16.7 Å². The molecule has 0 aliphatic carbocycles. The molecular formula is C9H9ClO3. The molecule has 0 spiro atoms. The normalized spacial score (nSPS) is 9.69. The molecule has 0 aliphatic heterocycles. The molecule has 0 radical (unpaired) electrons. The Morgan fingerprint density at radius 3 is 2.92 bits per heavy atom. The van der Waals surface area contributed by atoms with Crippen molar-refractivity contribution in [3.05, 3.63) is 28.8 Å². The lowest BCUT2D eigenvalue weighted by Gasteiger charge is -2.02. The lowest BCUT2D eigenvalue weighted by atomic mass is 10.1. The van der Waals surface area contributed by atoms with Gasteiger partial charge >= 0.3 is 5.97 Å². The van der Waals surface area contributed by atoms with Crippen LogP contribution >= 0.6 is 11.6 Å². The van der Waals surface area contributed by atoms with Crippen LogP contribution in [0, 0.1) is 0 Å². The molecule has 4 heteroatoms. The van der Waals surface area contributed by atoms with Crippen LogP contribution in [0.5, 0.6) is 5.75 Å². The molecular weight excluding hydrogens is 192 g/mol. The number of hydrogen-bond acceptors (Lipinski definition) is 3. The Hall–Kier alpha value is -1.22. The number of phenolic OH excluding ortho intramolecular Hbond substituents is 1. The van der Waals surface area contributed by atoms with E-state index in [-0.39, 0.29) is 18.1 Å². The van der Waals surface area contributed by atoms with Crippen molar-refractivity contribution in [3.8, 4) is 5.75 Å². The Balaban J connectivity index is 2.87. The summed E-state index contributed by atoms with van der Waals surface area (Å²) in [5.74, 6) is -0.296. The van der Waals surface area contributed by atoms with Crippen LogP contribution in [-0.4, -0.2) is 18.2 Å². The molecule has 0 bridgehead atoms. The van der Waals surface area contributed by atoms with E-state index in [1.807, 2.05) is 0 Å². The van der Waals surface area contributed by atoms with Gasteiger partial charge in [0.05, 0.1) is 13.5 Å². The van der Waals surface area contributed by atoms with Crippen LogP contribution in [0.15, 0.2) is 18.2 Å². The highest BCUT2D eigenvalue weighted by molar-refractivity contribution is 6.31. The smallest absolute Gasteiger partial charge is 0.310 e. The zero-order valence-electron chi connectivity index (χ0n) is 7.08. The Morgan fingerprint density at radius 2 is 2.31 bits per heavy atom. The Bertz CT molecular complexity index is 323. The maximum atomic E-state index is 10.9. The molecule has 1 aromatic carbocycles. The third-order valence-electron chi connectivity index (χ3n) is 1.59. The van der Waals surface area contributed by atoms with Crippen molar-refractivity contribution in [1.29, 1.82) is 0 Å². The lowest BCUT2D eigenvalue weighted by Crippen LogP contribution is -2.04. The van der Waals surface area contributed by atoms with Crippen molar-refractivity contribution in [2.75, 3.05) is 7.11 Å². The van der Waals surface area contributed by atoms with Gasteiger partial charge < -0.3 is 9.84 Å². The molecule has 0 saturated carbocycles. The predicted octanol–water partition coefficient (Wildman–Crippen LogP) is 1.76. The van der Waals surface area contributed by atoms with Gasteiger partial charge in [0.25, 0.3) is 0 Å². The quantitative estimate of drug-likeness (QED) is 0.740. The molecule has 0 unspecified atom stereocenters. The van der Waals surface area contributed by atoms with Gasteiger partial charge in [0.2, 0.25) is 0 Å². The summed E-state index contributed by atoms with van der Waals surface area (Å²) >= 11 is 5.78. The molecule has 1 N–H and O–H groups in total. The van der Waals surface area contributed by atoms with Gasteiger partial charge in [0, 0.05) is 5.02 Å². The number of ether oxygens (including phenoxy) is 1. The van der Waals surface area contributed by atoms with Crippen LogP contribution in [0.2, 0.25) is 5.02 Å². The minimum absolute atomic E-state index is 0.0731. The first kappa shape index (κ1) is 9.86. The van der Waals surface area contributed by atoms with E-state index in [2.05, 4.69) is 4.74 Å². The summed E-state index contributed by atoms with van der Waals surface area (Å²) in [6, 6.07) is 4.44. The van der Waals surface area contributed by atoms with Gasteiger partial charge in [0.15, 0.2) is 0 Å². The molecule has 0 heterocycles. The largest absolute Gasteiger partial charge is 0.508 e. The van der Waals surface area contributed by atoms with Gasteiger partial charge in [-0.25, -0.2) is 0 Å². The zero-order chi connectivity index (χ0) is 9.84. The molecule has 70 valence electrons. The summed E-state index contributed by atoms with van der Waals surface area (Å²) in [5, 5.41) is 9.56. The van der Waals surface area contributed by atoms with Crippen molar-refractivity contribution in [2.45, 2.75) is 6.42 Å². The molecule has 0 aliphatic rings. The van der Waals surface area contributed by atoms with E-state index in [1.54, 1.807) is 0 Å². The fraction of sp³-hybridized carbons (Fsp3) is 0.222. The summed E-state index contributed by atoms with van der Waals surface area (Å²) in [4.78, 5) is 10.9. The number of rotatable bonds is 2. The molecule has 0 amide bonds. The SMILES string of the molecule is COC(=O)Cc1cc(O)ccc1Cl. The number of halogens is 1. The standard InChI is InChI=1S/C9H9ClO3/c1-13-9(12)5-6-4-7(11)2-3-8(6)10/h2-4,11H,5H2,1H3. The third kappa shape index (κ3) is 2.63. The predicted molar refractivity (Wildman–Crippen MR) is 48.8 cm³/mol. The average molecular weight is 201 g/mol. The molecule has 0 atom stereocenters. The Kier molecular flexibility index (Phi) is 3.14. The van der Waals surface area contributed by atoms with Gasteiger partial charge in [-0.3, -0.25) is 4.79 Å². The molecule has 1 rings (SSSR count). The average Bonchev–Trinajstić information content (AvgIpc) is 2.11. The van der Waals surface area contributed by atoms with Gasteiger partial charge in [-0.05, 0) is 23.8 Å². The minimum atomic E-state index is -0.382. The van der Waals surface area contributed by atoms with Crippen molar-refractivity contribution < 1.29 is 14.6 Å². The zero-order valence-corrected chi connectivity index (χ0v) is 7.84. The first-order valence-electron chi connectivity index (χ1n) is 3.67. The lowest BCUT2D eigenvalue weighted by molar-refractivity contribution is -0.139. The van der Waals surface area contributed by atoms with E-state index in [0.29, 0.717) is 10.6 Å². The molecule has 1 aromatic rings. The first-order valence-corrected chi connectivity index (χ1v) is 4.05. The highest BCUT2D eigenvalue weighted by atomic mass is 35.5. The third-order valence-corrected chi connectivity index (χ3v) is 1.96. The number of aromatic hydroxyl groups is 1. The highest BCUT2D eigenvalue weighted by Crippen LogP contribution is 2.21. The summed E-state index contributed by atoms with van der Waals surface area (Å²) in [6.07, 6.45) is 0.0731. The van der Waals surface area contributed by atoms with Gasteiger partial charge in [-0.15, -0.1) is 0 Å². The summed E-state index contributed by atoms with van der Waals surface area (Å²) in [7, 11) is 1.30. The van der Waals surface area contributed by atoms with Crippen LogP contribution in [-0.2, 0) is 16.0 Å². The number of methoxy groups -OCH3 is 1. The van der Waals surface area contributed by atoms with E-state index in [9.17, 15) is 4.79 Å². The van der Waals surface area contributed by atoms with Crippen LogP contribution < -0.4 is 0 Å². The topological polar surface area (TPSA) is 46.5 Å². The van der Waals surface area contributed by atoms with Gasteiger partial charge in [-0.1, -0.05) is 11.6 Å². The van der Waals surface area contributed by atoms with E-state index in [1.165, 1.54) is 25.3 Å². The van der Waals surface area contributed by atoms with Crippen LogP contribution in [0.3, 0.4) is 0 Å². The number of carbonyl (C=O) groups excluding carboxylic acids is 1. The van der Waals surface area contributed by atoms with E-state index in [0.717, 1.165) is 0 Å². The van der Waals surface area contributed by atoms with Gasteiger partial charge in [0.1, 0.15) is 5.75 Å². The fourth-order valence-corrected chi connectivity index (χ4v) is 1.11. The summed E-state index contributed by atoms with van der Waals surface area (Å²) in [6.45, 7) is 0. The number of esters is 1. The maximum absolute atomic E-state index is 10.9. The van der Waals surface area contributed by atoms with Crippen molar-refractivity contribution >= 4 is 17.6 Å². The fourth-order valence-electron chi connectivity index (χ4n) is 0.924. The molecule has 3 nitrogen and oxygen atoms in total. The van der Waals surface area contributed by atoms with Crippen molar-refractivity contribution in [3.63, 3.8) is 0 Å². The van der Waals surface area contributed by atoms with Crippen molar-refractivity contribution in [2.24, 2.45) is 0 Å². The number of hydrogen-bond donors (Lipinski definition) is 1. The van der Waals surface area contributed by atoms with E-state index >= 15 is 0 Å². The minimum Gasteiger partial charge on any atom is -0.508 e. The van der Waals surface area contributed by atoms with Crippen LogP contribution in [0.4, 0.5) is 0 Å². The van der Waals surface area contributed by atoms with Crippen LogP contribution in [0.1, 0.15) is 5.56 Å². The highest BCUT2D eigenvalue weighted by Gasteiger charge is 2.07. The molecule has 0 saturated heterocycles. The molecule has 13 heavy (non-hydrogen) atoms. The van der Waals surface area contributed by atoms with E-state index < -0.39 is 0 Å². The second kappa shape index (κ2) is 4.14. The molecule has 0 aromatic heterocycles. The Morgan fingerprint density at radius 1 is 1.62 bits per heavy atom. The number of phenols is 1. The molecule has 0 fully saturated rings. The Labute approximate surface area is 80.9 Å². The summed E-state index contributed by atoms with van der Waals surface area (Å²) < 4.78 is 4.47. The first-order chi connectivity index (χ1) is 6.13. The number of carbonyl (C=O) groups is 1. The maximum Gasteiger partial charge on any atom is 0.310 e. The summed E-state index contributed by atoms with van der Waals surface area (Å²) in [5.41, 5.74) is 0.563. The van der Waals surface area contributed by atoms with Crippen molar-refractivity contribution in [1.82, 2.24) is 0 Å². The number of benzene rings is 1. The second-order valence-corrected chi connectivity index (χ2v) is 2.94. The van der Waals surface area contributed by atoms with Crippen LogP contribution in [0.25, 0.3) is 0 Å². The monoisotopic (exact) mass is 200 g/mol. The second-order valence-electron chi connectivity index (χ2n) is 2.53.